The van der Waals surface area contributed by atoms with Crippen LogP contribution in [-0.4, -0.2) is 48.1 Å². The van der Waals surface area contributed by atoms with Crippen molar-refractivity contribution < 1.29 is 8.85 Å². The molecule has 1 unspecified atom stereocenters. The van der Waals surface area contributed by atoms with E-state index in [4.69, 9.17) is 8.85 Å². The minimum absolute atomic E-state index is 0.362. The summed E-state index contributed by atoms with van der Waals surface area (Å²) in [6.07, 6.45) is 0. The van der Waals surface area contributed by atoms with Crippen LogP contribution in [0.4, 0.5) is 0 Å². The molecule has 1 aliphatic heterocycles. The maximum Gasteiger partial charge on any atom is 0.353 e. The normalized spacial score (nSPS) is 25.8. The van der Waals surface area contributed by atoms with E-state index in [2.05, 4.69) is 17.2 Å². The molecule has 2 N–H and O–H groups in total. The van der Waals surface area contributed by atoms with Gasteiger partial charge in [-0.25, -0.2) is 0 Å². The molecule has 0 aromatic rings. The van der Waals surface area contributed by atoms with E-state index in [9.17, 15) is 0 Å². The Balaban J connectivity index is 2.51. The monoisotopic (exact) mass is 190 g/mol. The molecule has 1 fully saturated rings. The second-order valence-electron chi connectivity index (χ2n) is 3.14. The van der Waals surface area contributed by atoms with Crippen molar-refractivity contribution in [3.8, 4) is 0 Å². The van der Waals surface area contributed by atoms with Gasteiger partial charge < -0.3 is 19.5 Å². The van der Waals surface area contributed by atoms with E-state index in [0.717, 1.165) is 19.6 Å². The van der Waals surface area contributed by atoms with Gasteiger partial charge in [-0.3, -0.25) is 0 Å². The number of piperazine rings is 1. The molecule has 0 bridgehead atoms. The number of hydrogen-bond acceptors (Lipinski definition) is 4. The molecule has 0 spiro atoms. The zero-order valence-corrected chi connectivity index (χ0v) is 9.02. The van der Waals surface area contributed by atoms with Crippen LogP contribution in [0.1, 0.15) is 0 Å². The second-order valence-corrected chi connectivity index (χ2v) is 6.68. The summed E-state index contributed by atoms with van der Waals surface area (Å²) in [5, 5.41) is 6.73. The second kappa shape index (κ2) is 4.34. The van der Waals surface area contributed by atoms with Gasteiger partial charge in [0.05, 0.1) is 5.67 Å². The van der Waals surface area contributed by atoms with Crippen molar-refractivity contribution in [3.63, 3.8) is 0 Å². The first-order valence-electron chi connectivity index (χ1n) is 4.27. The van der Waals surface area contributed by atoms with Crippen LogP contribution in [-0.2, 0) is 8.85 Å². The lowest BCUT2D eigenvalue weighted by atomic mass is 10.4. The Bertz CT molecular complexity index is 135. The molecule has 0 amide bonds. The summed E-state index contributed by atoms with van der Waals surface area (Å²) in [4.78, 5) is 0. The molecule has 1 rings (SSSR count). The van der Waals surface area contributed by atoms with Crippen LogP contribution in [0.3, 0.4) is 0 Å². The lowest BCUT2D eigenvalue weighted by Crippen LogP contribution is -2.64. The molecular weight excluding hydrogens is 172 g/mol. The molecule has 72 valence electrons. The quantitative estimate of drug-likeness (QED) is 0.586. The third kappa shape index (κ3) is 2.05. The summed E-state index contributed by atoms with van der Waals surface area (Å²) in [5.41, 5.74) is 0.362. The predicted molar refractivity (Wildman–Crippen MR) is 50.3 cm³/mol. The van der Waals surface area contributed by atoms with Gasteiger partial charge in [0.2, 0.25) is 0 Å². The molecule has 12 heavy (non-hydrogen) atoms. The summed E-state index contributed by atoms with van der Waals surface area (Å²) in [6, 6.07) is 0. The molecule has 4 nitrogen and oxygen atoms in total. The van der Waals surface area contributed by atoms with Crippen molar-refractivity contribution in [3.05, 3.63) is 0 Å². The van der Waals surface area contributed by atoms with Gasteiger partial charge in [-0.1, -0.05) is 0 Å². The summed E-state index contributed by atoms with van der Waals surface area (Å²) < 4.78 is 10.9. The van der Waals surface area contributed by atoms with Gasteiger partial charge in [0, 0.05) is 33.9 Å². The van der Waals surface area contributed by atoms with Crippen LogP contribution in [0, 0.1) is 0 Å². The minimum Gasteiger partial charge on any atom is -0.397 e. The largest absolute Gasteiger partial charge is 0.397 e. The molecular formula is C7H18N2O2Si. The highest BCUT2D eigenvalue weighted by Gasteiger charge is 2.39. The van der Waals surface area contributed by atoms with E-state index in [1.165, 1.54) is 0 Å². The standard InChI is InChI=1S/C7H18N2O2Si/c1-10-12(3,11-2)7-6-8-4-5-9-7/h7-9H,4-6H2,1-3H3. The summed E-state index contributed by atoms with van der Waals surface area (Å²) in [6.45, 7) is 5.07. The molecule has 1 saturated heterocycles. The minimum atomic E-state index is -1.97. The summed E-state index contributed by atoms with van der Waals surface area (Å²) in [5.74, 6) is 0. The molecule has 0 radical (unpaired) electrons. The molecule has 1 atom stereocenters. The van der Waals surface area contributed by atoms with E-state index in [0.29, 0.717) is 5.67 Å². The van der Waals surface area contributed by atoms with Gasteiger partial charge in [0.25, 0.3) is 0 Å². The van der Waals surface area contributed by atoms with Crippen molar-refractivity contribution >= 4 is 8.56 Å². The van der Waals surface area contributed by atoms with E-state index < -0.39 is 8.56 Å². The first-order chi connectivity index (χ1) is 5.73. The summed E-state index contributed by atoms with van der Waals surface area (Å²) >= 11 is 0. The Labute approximate surface area is 74.9 Å². The van der Waals surface area contributed by atoms with Gasteiger partial charge in [-0.15, -0.1) is 0 Å². The van der Waals surface area contributed by atoms with Crippen molar-refractivity contribution in [2.24, 2.45) is 0 Å². The third-order valence-corrected chi connectivity index (χ3v) is 5.78. The van der Waals surface area contributed by atoms with Crippen molar-refractivity contribution in [2.45, 2.75) is 12.2 Å². The smallest absolute Gasteiger partial charge is 0.353 e. The molecule has 0 saturated carbocycles. The van der Waals surface area contributed by atoms with Crippen LogP contribution in [0.2, 0.25) is 6.55 Å². The average molecular weight is 190 g/mol. The van der Waals surface area contributed by atoms with Crippen LogP contribution in [0.15, 0.2) is 0 Å². The van der Waals surface area contributed by atoms with Gasteiger partial charge in [-0.05, 0) is 6.55 Å². The topological polar surface area (TPSA) is 42.5 Å². The molecule has 0 aromatic carbocycles. The zero-order valence-electron chi connectivity index (χ0n) is 8.02. The highest BCUT2D eigenvalue weighted by molar-refractivity contribution is 6.67. The van der Waals surface area contributed by atoms with Crippen LogP contribution in [0.5, 0.6) is 0 Å². The fraction of sp³-hybridized carbons (Fsp3) is 1.00. The fourth-order valence-electron chi connectivity index (χ4n) is 1.39. The number of rotatable bonds is 3. The molecule has 1 aliphatic rings. The molecule has 5 heteroatoms. The van der Waals surface area contributed by atoms with E-state index in [-0.39, 0.29) is 0 Å². The first kappa shape index (κ1) is 10.1. The van der Waals surface area contributed by atoms with Crippen LogP contribution >= 0.6 is 0 Å². The van der Waals surface area contributed by atoms with Crippen molar-refractivity contribution in [1.29, 1.82) is 0 Å². The van der Waals surface area contributed by atoms with Gasteiger partial charge in [0.15, 0.2) is 0 Å². The Kier molecular flexibility index (Phi) is 3.67. The lowest BCUT2D eigenvalue weighted by molar-refractivity contribution is 0.224. The van der Waals surface area contributed by atoms with Gasteiger partial charge in [0.1, 0.15) is 0 Å². The molecule has 0 aliphatic carbocycles. The highest BCUT2D eigenvalue weighted by Crippen LogP contribution is 2.10. The SMILES string of the molecule is CO[Si](C)(OC)C1CNCCN1. The molecule has 1 heterocycles. The van der Waals surface area contributed by atoms with E-state index >= 15 is 0 Å². The first-order valence-corrected chi connectivity index (χ1v) is 6.66. The molecule has 0 aromatic heterocycles. The van der Waals surface area contributed by atoms with Gasteiger partial charge >= 0.3 is 8.56 Å². The van der Waals surface area contributed by atoms with Crippen LogP contribution < -0.4 is 10.6 Å². The Morgan fingerprint density at radius 1 is 1.25 bits per heavy atom. The van der Waals surface area contributed by atoms with Gasteiger partial charge in [-0.2, -0.15) is 0 Å². The predicted octanol–water partition coefficient (Wildman–Crippen LogP) is -0.548. The lowest BCUT2D eigenvalue weighted by Gasteiger charge is -2.35. The van der Waals surface area contributed by atoms with Crippen molar-refractivity contribution in [1.82, 2.24) is 10.6 Å². The zero-order chi connectivity index (χ0) is 9.03. The maximum atomic E-state index is 5.44. The highest BCUT2D eigenvalue weighted by atomic mass is 28.4. The number of nitrogens with one attached hydrogen (secondary N) is 2. The fourth-order valence-corrected chi connectivity index (χ4v) is 3.16. The number of hydrogen-bond donors (Lipinski definition) is 2. The Morgan fingerprint density at radius 3 is 2.33 bits per heavy atom. The van der Waals surface area contributed by atoms with E-state index in [1.54, 1.807) is 14.2 Å². The maximum absolute atomic E-state index is 5.44. The van der Waals surface area contributed by atoms with E-state index in [1.807, 2.05) is 0 Å². The summed E-state index contributed by atoms with van der Waals surface area (Å²) in [7, 11) is 1.49. The Morgan fingerprint density at radius 2 is 1.92 bits per heavy atom. The average Bonchev–Trinajstić information content (AvgIpc) is 2.18. The van der Waals surface area contributed by atoms with Crippen molar-refractivity contribution in [2.75, 3.05) is 33.9 Å². The van der Waals surface area contributed by atoms with Crippen LogP contribution in [0.25, 0.3) is 0 Å². The third-order valence-electron chi connectivity index (χ3n) is 2.48. The Hall–Kier alpha value is 0.0569.